The molecule has 4 nitrogen and oxygen atoms in total. The molecule has 0 saturated carbocycles. The SMILES string of the molecule is CN(CC(C(=O)NN)c1ccccc1)C1CCSC1. The first kappa shape index (κ1) is 14.4. The van der Waals surface area contributed by atoms with E-state index in [2.05, 4.69) is 17.4 Å². The Morgan fingerprint density at radius 1 is 1.53 bits per heavy atom. The maximum Gasteiger partial charge on any atom is 0.242 e. The zero-order chi connectivity index (χ0) is 13.7. The Bertz CT molecular complexity index is 406. The monoisotopic (exact) mass is 279 g/mol. The average Bonchev–Trinajstić information content (AvgIpc) is 2.99. The van der Waals surface area contributed by atoms with Crippen molar-refractivity contribution in [1.82, 2.24) is 10.3 Å². The van der Waals surface area contributed by atoms with Gasteiger partial charge in [0.1, 0.15) is 0 Å². The highest BCUT2D eigenvalue weighted by atomic mass is 32.2. The molecule has 2 unspecified atom stereocenters. The second-order valence-electron chi connectivity index (χ2n) is 4.93. The number of thioether (sulfide) groups is 1. The van der Waals surface area contributed by atoms with Crippen LogP contribution in [0.5, 0.6) is 0 Å². The number of hydrogen-bond donors (Lipinski definition) is 2. The van der Waals surface area contributed by atoms with Crippen molar-refractivity contribution in [2.45, 2.75) is 18.4 Å². The highest BCUT2D eigenvalue weighted by molar-refractivity contribution is 7.99. The number of amides is 1. The van der Waals surface area contributed by atoms with Gasteiger partial charge in [-0.1, -0.05) is 30.3 Å². The Morgan fingerprint density at radius 3 is 2.84 bits per heavy atom. The lowest BCUT2D eigenvalue weighted by molar-refractivity contribution is -0.123. The smallest absolute Gasteiger partial charge is 0.242 e. The summed E-state index contributed by atoms with van der Waals surface area (Å²) in [7, 11) is 2.09. The van der Waals surface area contributed by atoms with Crippen LogP contribution in [0.15, 0.2) is 30.3 Å². The van der Waals surface area contributed by atoms with Gasteiger partial charge in [0.25, 0.3) is 0 Å². The molecule has 1 amide bonds. The van der Waals surface area contributed by atoms with Crippen LogP contribution in [0.1, 0.15) is 17.9 Å². The number of hydrogen-bond acceptors (Lipinski definition) is 4. The van der Waals surface area contributed by atoms with Crippen molar-refractivity contribution in [3.8, 4) is 0 Å². The summed E-state index contributed by atoms with van der Waals surface area (Å²) in [6.07, 6.45) is 1.20. The van der Waals surface area contributed by atoms with Crippen LogP contribution in [0, 0.1) is 0 Å². The second kappa shape index (κ2) is 6.93. The fourth-order valence-electron chi connectivity index (χ4n) is 2.43. The van der Waals surface area contributed by atoms with Gasteiger partial charge in [-0.05, 0) is 24.8 Å². The van der Waals surface area contributed by atoms with Crippen molar-refractivity contribution in [2.24, 2.45) is 5.84 Å². The molecular formula is C14H21N3OS. The molecule has 2 rings (SSSR count). The van der Waals surface area contributed by atoms with Crippen LogP contribution in [-0.2, 0) is 4.79 Å². The first-order valence-electron chi connectivity index (χ1n) is 6.55. The summed E-state index contributed by atoms with van der Waals surface area (Å²) in [5.74, 6) is 7.36. The standard InChI is InChI=1S/C14H21N3OS/c1-17(12-7-8-19-10-12)9-13(14(18)16-15)11-5-3-2-4-6-11/h2-6,12-13H,7-10,15H2,1H3,(H,16,18). The van der Waals surface area contributed by atoms with Crippen LogP contribution in [-0.4, -0.2) is 41.9 Å². The van der Waals surface area contributed by atoms with E-state index in [1.165, 1.54) is 12.2 Å². The summed E-state index contributed by atoms with van der Waals surface area (Å²) in [4.78, 5) is 14.3. The number of nitrogens with one attached hydrogen (secondary N) is 1. The van der Waals surface area contributed by atoms with Crippen molar-refractivity contribution in [1.29, 1.82) is 0 Å². The molecule has 1 aliphatic heterocycles. The van der Waals surface area contributed by atoms with E-state index >= 15 is 0 Å². The maximum absolute atomic E-state index is 12.0. The predicted octanol–water partition coefficient (Wildman–Crippen LogP) is 1.20. The summed E-state index contributed by atoms with van der Waals surface area (Å²) in [6.45, 7) is 0.707. The fourth-order valence-corrected chi connectivity index (χ4v) is 3.73. The highest BCUT2D eigenvalue weighted by Gasteiger charge is 2.26. The molecule has 3 N–H and O–H groups in total. The van der Waals surface area contributed by atoms with Crippen molar-refractivity contribution in [2.75, 3.05) is 25.1 Å². The quantitative estimate of drug-likeness (QED) is 0.483. The Morgan fingerprint density at radius 2 is 2.26 bits per heavy atom. The van der Waals surface area contributed by atoms with Crippen LogP contribution in [0.25, 0.3) is 0 Å². The molecule has 2 atom stereocenters. The number of carbonyl (C=O) groups excluding carboxylic acids is 1. The van der Waals surface area contributed by atoms with E-state index in [0.717, 1.165) is 11.3 Å². The molecule has 1 heterocycles. The third-order valence-electron chi connectivity index (χ3n) is 3.66. The van der Waals surface area contributed by atoms with Gasteiger partial charge in [-0.25, -0.2) is 5.84 Å². The van der Waals surface area contributed by atoms with E-state index in [4.69, 9.17) is 5.84 Å². The fraction of sp³-hybridized carbons (Fsp3) is 0.500. The first-order chi connectivity index (χ1) is 9.22. The van der Waals surface area contributed by atoms with E-state index in [1.807, 2.05) is 42.1 Å². The molecule has 1 saturated heterocycles. The van der Waals surface area contributed by atoms with Gasteiger partial charge in [-0.2, -0.15) is 11.8 Å². The van der Waals surface area contributed by atoms with Crippen molar-refractivity contribution in [3.05, 3.63) is 35.9 Å². The van der Waals surface area contributed by atoms with Gasteiger partial charge in [-0.15, -0.1) is 0 Å². The Kier molecular flexibility index (Phi) is 5.24. The van der Waals surface area contributed by atoms with Crippen molar-refractivity contribution >= 4 is 17.7 Å². The van der Waals surface area contributed by atoms with E-state index in [9.17, 15) is 4.79 Å². The molecule has 1 aromatic carbocycles. The lowest BCUT2D eigenvalue weighted by Gasteiger charge is -2.27. The topological polar surface area (TPSA) is 58.4 Å². The number of carbonyl (C=O) groups is 1. The number of nitrogens with zero attached hydrogens (tertiary/aromatic N) is 1. The first-order valence-corrected chi connectivity index (χ1v) is 7.71. The summed E-state index contributed by atoms with van der Waals surface area (Å²) in [5.41, 5.74) is 3.31. The number of likely N-dealkylation sites (N-methyl/N-ethyl adjacent to an activating group) is 1. The minimum atomic E-state index is -0.207. The Balaban J connectivity index is 2.08. The molecule has 0 spiro atoms. The van der Waals surface area contributed by atoms with Gasteiger partial charge in [-0.3, -0.25) is 10.2 Å². The number of hydrazine groups is 1. The largest absolute Gasteiger partial charge is 0.301 e. The van der Waals surface area contributed by atoms with Crippen molar-refractivity contribution in [3.63, 3.8) is 0 Å². The summed E-state index contributed by atoms with van der Waals surface area (Å²) < 4.78 is 0. The molecule has 5 heteroatoms. The van der Waals surface area contributed by atoms with Gasteiger partial charge in [0.15, 0.2) is 0 Å². The summed E-state index contributed by atoms with van der Waals surface area (Å²) >= 11 is 1.98. The zero-order valence-electron chi connectivity index (χ0n) is 11.2. The molecule has 0 radical (unpaired) electrons. The van der Waals surface area contributed by atoms with Gasteiger partial charge >= 0.3 is 0 Å². The Hall–Kier alpha value is -1.04. The minimum absolute atomic E-state index is 0.122. The molecule has 0 aliphatic carbocycles. The molecule has 19 heavy (non-hydrogen) atoms. The molecule has 0 bridgehead atoms. The van der Waals surface area contributed by atoms with E-state index in [0.29, 0.717) is 12.6 Å². The van der Waals surface area contributed by atoms with Gasteiger partial charge in [0, 0.05) is 18.3 Å². The third kappa shape index (κ3) is 3.72. The molecule has 1 fully saturated rings. The summed E-state index contributed by atoms with van der Waals surface area (Å²) in [6, 6.07) is 10.4. The van der Waals surface area contributed by atoms with Crippen LogP contribution in [0.3, 0.4) is 0 Å². The van der Waals surface area contributed by atoms with Crippen LogP contribution in [0.2, 0.25) is 0 Å². The van der Waals surface area contributed by atoms with Crippen molar-refractivity contribution < 1.29 is 4.79 Å². The van der Waals surface area contributed by atoms with Crippen LogP contribution >= 0.6 is 11.8 Å². The normalized spacial score (nSPS) is 20.5. The third-order valence-corrected chi connectivity index (χ3v) is 4.81. The van der Waals surface area contributed by atoms with E-state index in [1.54, 1.807) is 0 Å². The van der Waals surface area contributed by atoms with Crippen LogP contribution in [0.4, 0.5) is 0 Å². The molecule has 104 valence electrons. The van der Waals surface area contributed by atoms with E-state index < -0.39 is 0 Å². The lowest BCUT2D eigenvalue weighted by Crippen LogP contribution is -2.42. The number of rotatable bonds is 5. The maximum atomic E-state index is 12.0. The minimum Gasteiger partial charge on any atom is -0.301 e. The molecular weight excluding hydrogens is 258 g/mol. The highest BCUT2D eigenvalue weighted by Crippen LogP contribution is 2.24. The molecule has 1 aliphatic rings. The zero-order valence-corrected chi connectivity index (χ0v) is 12.0. The lowest BCUT2D eigenvalue weighted by atomic mass is 9.97. The second-order valence-corrected chi connectivity index (χ2v) is 6.08. The predicted molar refractivity (Wildman–Crippen MR) is 79.9 cm³/mol. The molecule has 1 aromatic rings. The van der Waals surface area contributed by atoms with Crippen LogP contribution < -0.4 is 11.3 Å². The number of nitrogens with two attached hydrogens (primary N) is 1. The molecule has 0 aromatic heterocycles. The van der Waals surface area contributed by atoms with Gasteiger partial charge in [0.05, 0.1) is 5.92 Å². The Labute approximate surface area is 118 Å². The van der Waals surface area contributed by atoms with Gasteiger partial charge < -0.3 is 4.90 Å². The average molecular weight is 279 g/mol. The summed E-state index contributed by atoms with van der Waals surface area (Å²) in [5, 5.41) is 0. The van der Waals surface area contributed by atoms with Gasteiger partial charge in [0.2, 0.25) is 5.91 Å². The van der Waals surface area contributed by atoms with E-state index in [-0.39, 0.29) is 11.8 Å². The number of benzene rings is 1.